The standard InChI is InChI=1S/C22H25NO6/c1-10(2)29-15-8-6-5-7-13(15)18-17(22(27)28)12(4)23-14-9-11(3)16(21(25)26)20(24)19(14)18/h5-8,10-11,16-18H,9H2,1-4H3,(H,25,26)(H,27,28). The van der Waals surface area contributed by atoms with Gasteiger partial charge in [-0.25, -0.2) is 0 Å². The average Bonchev–Trinajstić information content (AvgIpc) is 2.59. The Morgan fingerprint density at radius 1 is 1.14 bits per heavy atom. The highest BCUT2D eigenvalue weighted by molar-refractivity contribution is 6.14. The molecule has 2 N–H and O–H groups in total. The van der Waals surface area contributed by atoms with Crippen LogP contribution in [0.2, 0.25) is 0 Å². The fourth-order valence-electron chi connectivity index (χ4n) is 4.34. The van der Waals surface area contributed by atoms with E-state index in [0.29, 0.717) is 29.1 Å². The van der Waals surface area contributed by atoms with Crippen LogP contribution in [0, 0.1) is 17.8 Å². The number of aliphatic carboxylic acids is 2. The number of para-hydroxylation sites is 1. The van der Waals surface area contributed by atoms with E-state index in [2.05, 4.69) is 4.99 Å². The minimum absolute atomic E-state index is 0.153. The van der Waals surface area contributed by atoms with Gasteiger partial charge in [-0.05, 0) is 39.2 Å². The van der Waals surface area contributed by atoms with Crippen molar-refractivity contribution >= 4 is 23.4 Å². The van der Waals surface area contributed by atoms with Crippen molar-refractivity contribution in [3.63, 3.8) is 0 Å². The molecule has 0 aromatic heterocycles. The Kier molecular flexibility index (Phi) is 5.59. The van der Waals surface area contributed by atoms with Crippen molar-refractivity contribution in [2.24, 2.45) is 22.7 Å². The van der Waals surface area contributed by atoms with E-state index in [1.807, 2.05) is 13.8 Å². The van der Waals surface area contributed by atoms with Crippen LogP contribution in [-0.4, -0.2) is 39.8 Å². The number of carboxylic acid groups (broad SMARTS) is 2. The molecule has 0 saturated carbocycles. The monoisotopic (exact) mass is 399 g/mol. The van der Waals surface area contributed by atoms with E-state index in [4.69, 9.17) is 4.74 Å². The molecule has 1 aromatic carbocycles. The maximum atomic E-state index is 13.3. The molecule has 3 rings (SSSR count). The SMILES string of the molecule is CC1=NC2=C(C(=O)C(C(=O)O)C(C)C2)C(c2ccccc2OC(C)C)C1C(=O)O. The normalized spacial score (nSPS) is 26.8. The summed E-state index contributed by atoms with van der Waals surface area (Å²) in [6, 6.07) is 7.01. The van der Waals surface area contributed by atoms with Gasteiger partial charge in [-0.15, -0.1) is 0 Å². The first-order valence-corrected chi connectivity index (χ1v) is 9.67. The number of allylic oxidation sites excluding steroid dienone is 2. The zero-order valence-electron chi connectivity index (χ0n) is 16.9. The fraction of sp³-hybridized carbons (Fsp3) is 0.455. The number of aliphatic imine (C=N–C) groups is 1. The molecule has 7 nitrogen and oxygen atoms in total. The highest BCUT2D eigenvalue weighted by Crippen LogP contribution is 2.48. The van der Waals surface area contributed by atoms with Crippen LogP contribution >= 0.6 is 0 Å². The Labute approximate surface area is 169 Å². The Bertz CT molecular complexity index is 929. The van der Waals surface area contributed by atoms with Crippen LogP contribution in [0.3, 0.4) is 0 Å². The lowest BCUT2D eigenvalue weighted by atomic mass is 9.67. The van der Waals surface area contributed by atoms with Crippen molar-refractivity contribution in [2.75, 3.05) is 0 Å². The second-order valence-corrected chi connectivity index (χ2v) is 7.97. The molecule has 0 amide bonds. The summed E-state index contributed by atoms with van der Waals surface area (Å²) in [4.78, 5) is 41.6. The number of rotatable bonds is 5. The van der Waals surface area contributed by atoms with Crippen LogP contribution < -0.4 is 4.74 Å². The van der Waals surface area contributed by atoms with Crippen molar-refractivity contribution in [1.82, 2.24) is 0 Å². The molecular weight excluding hydrogens is 374 g/mol. The third-order valence-electron chi connectivity index (χ3n) is 5.50. The van der Waals surface area contributed by atoms with Gasteiger partial charge < -0.3 is 14.9 Å². The van der Waals surface area contributed by atoms with E-state index in [1.165, 1.54) is 0 Å². The van der Waals surface area contributed by atoms with Crippen LogP contribution in [0.1, 0.15) is 45.6 Å². The molecule has 1 aliphatic heterocycles. The fourth-order valence-corrected chi connectivity index (χ4v) is 4.34. The Morgan fingerprint density at radius 2 is 1.76 bits per heavy atom. The maximum absolute atomic E-state index is 13.3. The van der Waals surface area contributed by atoms with Gasteiger partial charge >= 0.3 is 11.9 Å². The summed E-state index contributed by atoms with van der Waals surface area (Å²) in [5.41, 5.74) is 1.63. The van der Waals surface area contributed by atoms with Crippen LogP contribution in [0.15, 0.2) is 40.5 Å². The first-order valence-electron chi connectivity index (χ1n) is 9.67. The van der Waals surface area contributed by atoms with E-state index in [-0.39, 0.29) is 11.7 Å². The molecule has 4 atom stereocenters. The lowest BCUT2D eigenvalue weighted by Gasteiger charge is -2.37. The van der Waals surface area contributed by atoms with Crippen molar-refractivity contribution < 1.29 is 29.3 Å². The quantitative estimate of drug-likeness (QED) is 0.735. The largest absolute Gasteiger partial charge is 0.491 e. The number of Topliss-reactive ketones (excluding diaryl/α,β-unsaturated/α-hetero) is 1. The molecule has 0 saturated heterocycles. The first-order chi connectivity index (χ1) is 13.6. The molecule has 0 spiro atoms. The van der Waals surface area contributed by atoms with E-state index in [1.54, 1.807) is 38.1 Å². The van der Waals surface area contributed by atoms with E-state index in [9.17, 15) is 24.6 Å². The molecule has 0 fully saturated rings. The number of nitrogens with zero attached hydrogens (tertiary/aromatic N) is 1. The molecule has 1 aliphatic carbocycles. The average molecular weight is 399 g/mol. The highest BCUT2D eigenvalue weighted by atomic mass is 16.5. The Hall–Kier alpha value is -2.96. The zero-order valence-corrected chi connectivity index (χ0v) is 16.9. The Balaban J connectivity index is 2.24. The lowest BCUT2D eigenvalue weighted by molar-refractivity contribution is -0.147. The van der Waals surface area contributed by atoms with Crippen LogP contribution in [0.4, 0.5) is 0 Å². The topological polar surface area (TPSA) is 113 Å². The van der Waals surface area contributed by atoms with E-state index < -0.39 is 41.4 Å². The van der Waals surface area contributed by atoms with Gasteiger partial charge in [0.05, 0.1) is 6.10 Å². The lowest BCUT2D eigenvalue weighted by Crippen LogP contribution is -2.42. The van der Waals surface area contributed by atoms with Gasteiger partial charge in [-0.2, -0.15) is 0 Å². The second-order valence-electron chi connectivity index (χ2n) is 7.97. The number of benzene rings is 1. The first kappa shape index (κ1) is 20.8. The Morgan fingerprint density at radius 3 is 2.34 bits per heavy atom. The summed E-state index contributed by atoms with van der Waals surface area (Å²) in [6.45, 7) is 7.06. The zero-order chi connectivity index (χ0) is 21.5. The van der Waals surface area contributed by atoms with Crippen molar-refractivity contribution in [2.45, 2.75) is 46.1 Å². The maximum Gasteiger partial charge on any atom is 0.314 e. The predicted molar refractivity (Wildman–Crippen MR) is 106 cm³/mol. The summed E-state index contributed by atoms with van der Waals surface area (Å²) in [6.07, 6.45) is 0.158. The van der Waals surface area contributed by atoms with Crippen molar-refractivity contribution in [3.8, 4) is 5.75 Å². The van der Waals surface area contributed by atoms with Gasteiger partial charge in [0.15, 0.2) is 5.78 Å². The molecule has 1 heterocycles. The number of carbonyl (C=O) groups is 3. The van der Waals surface area contributed by atoms with Crippen LogP contribution in [0.5, 0.6) is 5.75 Å². The van der Waals surface area contributed by atoms with Gasteiger partial charge in [0, 0.05) is 28.5 Å². The predicted octanol–water partition coefficient (Wildman–Crippen LogP) is 3.30. The molecular formula is C22H25NO6. The number of hydrogen-bond acceptors (Lipinski definition) is 5. The van der Waals surface area contributed by atoms with Crippen LogP contribution in [0.25, 0.3) is 0 Å². The van der Waals surface area contributed by atoms with Gasteiger partial charge in [0.1, 0.15) is 17.6 Å². The van der Waals surface area contributed by atoms with Crippen molar-refractivity contribution in [3.05, 3.63) is 41.1 Å². The van der Waals surface area contributed by atoms with Gasteiger partial charge in [0.2, 0.25) is 0 Å². The van der Waals surface area contributed by atoms with Gasteiger partial charge in [0.25, 0.3) is 0 Å². The third kappa shape index (κ3) is 3.69. The summed E-state index contributed by atoms with van der Waals surface area (Å²) in [7, 11) is 0. The molecule has 0 radical (unpaired) electrons. The number of ether oxygens (including phenoxy) is 1. The minimum atomic E-state index is -1.21. The molecule has 29 heavy (non-hydrogen) atoms. The van der Waals surface area contributed by atoms with Crippen LogP contribution in [-0.2, 0) is 14.4 Å². The molecule has 0 bridgehead atoms. The van der Waals surface area contributed by atoms with Gasteiger partial charge in [-0.1, -0.05) is 25.1 Å². The van der Waals surface area contributed by atoms with E-state index >= 15 is 0 Å². The molecule has 7 heteroatoms. The van der Waals surface area contributed by atoms with Crippen molar-refractivity contribution in [1.29, 1.82) is 0 Å². The number of ketones is 1. The summed E-state index contributed by atoms with van der Waals surface area (Å²) >= 11 is 0. The summed E-state index contributed by atoms with van der Waals surface area (Å²) < 4.78 is 5.89. The smallest absolute Gasteiger partial charge is 0.314 e. The molecule has 1 aromatic rings. The summed E-state index contributed by atoms with van der Waals surface area (Å²) in [5, 5.41) is 19.6. The molecule has 2 aliphatic rings. The third-order valence-corrected chi connectivity index (χ3v) is 5.50. The molecule has 154 valence electrons. The van der Waals surface area contributed by atoms with E-state index in [0.717, 1.165) is 0 Å². The number of hydrogen-bond donors (Lipinski definition) is 2. The van der Waals surface area contributed by atoms with Gasteiger partial charge in [-0.3, -0.25) is 19.4 Å². The second kappa shape index (κ2) is 7.81. The highest BCUT2D eigenvalue weighted by Gasteiger charge is 2.49. The molecule has 4 unspecified atom stereocenters. The number of carboxylic acids is 2. The summed E-state index contributed by atoms with van der Waals surface area (Å²) in [5.74, 6) is -5.93. The number of carbonyl (C=O) groups excluding carboxylic acids is 1. The minimum Gasteiger partial charge on any atom is -0.491 e.